The second-order valence-electron chi connectivity index (χ2n) is 6.34. The van der Waals surface area contributed by atoms with E-state index in [1.165, 1.54) is 0 Å². The van der Waals surface area contributed by atoms with Gasteiger partial charge in [-0.1, -0.05) is 25.2 Å². The molecule has 2 aromatic rings. The maximum Gasteiger partial charge on any atom is 0.151 e. The van der Waals surface area contributed by atoms with Gasteiger partial charge in [0.15, 0.2) is 5.82 Å². The molecule has 1 saturated heterocycles. The molecule has 0 spiro atoms. The highest BCUT2D eigenvalue weighted by molar-refractivity contribution is 7.11. The molecule has 23 heavy (non-hydrogen) atoms. The fourth-order valence-corrected chi connectivity index (χ4v) is 3.56. The Hall–Kier alpha value is -1.60. The Balaban J connectivity index is 1.58. The third kappa shape index (κ3) is 4.23. The lowest BCUT2D eigenvalue weighted by molar-refractivity contribution is 0.284. The highest BCUT2D eigenvalue weighted by atomic mass is 32.1. The van der Waals surface area contributed by atoms with Crippen LogP contribution in [0.25, 0.3) is 0 Å². The summed E-state index contributed by atoms with van der Waals surface area (Å²) >= 11 is 1.74. The van der Waals surface area contributed by atoms with Crippen molar-refractivity contribution < 1.29 is 0 Å². The molecule has 0 aromatic carbocycles. The van der Waals surface area contributed by atoms with Crippen LogP contribution < -0.4 is 4.90 Å². The van der Waals surface area contributed by atoms with E-state index in [-0.39, 0.29) is 0 Å². The molecule has 1 fully saturated rings. The molecule has 6 nitrogen and oxygen atoms in total. The minimum absolute atomic E-state index is 0.459. The van der Waals surface area contributed by atoms with Crippen LogP contribution in [-0.2, 0) is 6.54 Å². The van der Waals surface area contributed by atoms with E-state index in [0.29, 0.717) is 5.92 Å². The summed E-state index contributed by atoms with van der Waals surface area (Å²) in [6.07, 6.45) is 1.13. The zero-order chi connectivity index (χ0) is 16.2. The highest BCUT2D eigenvalue weighted by Gasteiger charge is 2.18. The number of anilines is 1. The third-order valence-corrected chi connectivity index (χ3v) is 5.24. The van der Waals surface area contributed by atoms with Gasteiger partial charge in [0.25, 0.3) is 0 Å². The summed E-state index contributed by atoms with van der Waals surface area (Å²) < 4.78 is 0. The first-order valence-electron chi connectivity index (χ1n) is 8.22. The third-order valence-electron chi connectivity index (χ3n) is 4.03. The summed E-state index contributed by atoms with van der Waals surface area (Å²) in [4.78, 5) is 4.79. The molecular weight excluding hydrogens is 308 g/mol. The van der Waals surface area contributed by atoms with Crippen LogP contribution in [-0.4, -0.2) is 51.5 Å². The summed E-state index contributed by atoms with van der Waals surface area (Å²) in [6.45, 7) is 11.3. The van der Waals surface area contributed by atoms with E-state index < -0.39 is 0 Å². The van der Waals surface area contributed by atoms with Crippen LogP contribution in [0.2, 0.25) is 0 Å². The number of aromatic nitrogens is 4. The van der Waals surface area contributed by atoms with Crippen molar-refractivity contribution in [1.82, 2.24) is 25.3 Å². The molecule has 2 aromatic heterocycles. The maximum absolute atomic E-state index is 4.34. The van der Waals surface area contributed by atoms with Gasteiger partial charge in [0.1, 0.15) is 10.0 Å². The number of hydrogen-bond acceptors (Lipinski definition) is 7. The molecule has 0 bridgehead atoms. The Labute approximate surface area is 141 Å². The van der Waals surface area contributed by atoms with Crippen molar-refractivity contribution >= 4 is 17.2 Å². The molecule has 0 atom stereocenters. The number of hydrogen-bond donors (Lipinski definition) is 0. The second-order valence-corrected chi connectivity index (χ2v) is 7.43. The van der Waals surface area contributed by atoms with E-state index in [0.717, 1.165) is 60.7 Å². The van der Waals surface area contributed by atoms with Gasteiger partial charge in [-0.3, -0.25) is 4.90 Å². The molecule has 1 aliphatic rings. The van der Waals surface area contributed by atoms with Crippen molar-refractivity contribution in [3.8, 4) is 0 Å². The van der Waals surface area contributed by atoms with Crippen LogP contribution in [0.3, 0.4) is 0 Å². The van der Waals surface area contributed by atoms with Crippen LogP contribution in [0.5, 0.6) is 0 Å². The van der Waals surface area contributed by atoms with Gasteiger partial charge < -0.3 is 4.90 Å². The van der Waals surface area contributed by atoms with Crippen LogP contribution >= 0.6 is 11.3 Å². The number of rotatable bonds is 4. The van der Waals surface area contributed by atoms with Crippen molar-refractivity contribution in [2.24, 2.45) is 0 Å². The summed E-state index contributed by atoms with van der Waals surface area (Å²) in [6, 6.07) is 4.09. The van der Waals surface area contributed by atoms with Crippen molar-refractivity contribution in [2.45, 2.75) is 39.7 Å². The van der Waals surface area contributed by atoms with E-state index in [9.17, 15) is 0 Å². The average molecular weight is 332 g/mol. The lowest BCUT2D eigenvalue weighted by atomic mass is 10.2. The summed E-state index contributed by atoms with van der Waals surface area (Å²) in [7, 11) is 0. The molecule has 0 saturated carbocycles. The monoisotopic (exact) mass is 332 g/mol. The lowest BCUT2D eigenvalue weighted by Crippen LogP contribution is -2.31. The minimum Gasteiger partial charge on any atom is -0.354 e. The highest BCUT2D eigenvalue weighted by Crippen LogP contribution is 2.21. The Bertz CT molecular complexity index is 624. The van der Waals surface area contributed by atoms with Gasteiger partial charge in [0.05, 0.1) is 12.2 Å². The van der Waals surface area contributed by atoms with E-state index >= 15 is 0 Å². The van der Waals surface area contributed by atoms with Gasteiger partial charge in [-0.15, -0.1) is 15.3 Å². The first-order valence-corrected chi connectivity index (χ1v) is 9.03. The zero-order valence-electron chi connectivity index (χ0n) is 14.1. The van der Waals surface area contributed by atoms with Gasteiger partial charge in [0.2, 0.25) is 0 Å². The SMILES string of the molecule is Cc1ccc(N2CCCN(Cc3nnc(C(C)C)s3)CC2)nn1. The molecule has 7 heteroatoms. The van der Waals surface area contributed by atoms with Crippen LogP contribution in [0.4, 0.5) is 5.82 Å². The molecule has 3 heterocycles. The first-order chi connectivity index (χ1) is 11.1. The molecule has 1 aliphatic heterocycles. The van der Waals surface area contributed by atoms with Crippen LogP contribution in [0.1, 0.15) is 41.9 Å². The quantitative estimate of drug-likeness (QED) is 0.857. The number of nitrogens with zero attached hydrogens (tertiary/aromatic N) is 6. The average Bonchev–Trinajstić information content (AvgIpc) is 2.88. The summed E-state index contributed by atoms with van der Waals surface area (Å²) in [5.74, 6) is 1.44. The van der Waals surface area contributed by atoms with E-state index in [2.05, 4.69) is 50.1 Å². The minimum atomic E-state index is 0.459. The van der Waals surface area contributed by atoms with E-state index in [4.69, 9.17) is 0 Å². The van der Waals surface area contributed by atoms with Crippen molar-refractivity contribution in [1.29, 1.82) is 0 Å². The Kier molecular flexibility index (Phi) is 5.17. The lowest BCUT2D eigenvalue weighted by Gasteiger charge is -2.21. The van der Waals surface area contributed by atoms with E-state index in [1.54, 1.807) is 11.3 Å². The fraction of sp³-hybridized carbons (Fsp3) is 0.625. The smallest absolute Gasteiger partial charge is 0.151 e. The Morgan fingerprint density at radius 3 is 2.61 bits per heavy atom. The van der Waals surface area contributed by atoms with Crippen LogP contribution in [0.15, 0.2) is 12.1 Å². The van der Waals surface area contributed by atoms with Gasteiger partial charge in [0, 0.05) is 32.1 Å². The largest absolute Gasteiger partial charge is 0.354 e. The molecule has 3 rings (SSSR count). The molecule has 0 N–H and O–H groups in total. The molecule has 0 radical (unpaired) electrons. The molecule has 0 unspecified atom stereocenters. The fourth-order valence-electron chi connectivity index (χ4n) is 2.67. The van der Waals surface area contributed by atoms with Gasteiger partial charge in [-0.05, 0) is 25.5 Å². The predicted molar refractivity (Wildman–Crippen MR) is 92.9 cm³/mol. The predicted octanol–water partition coefficient (Wildman–Crippen LogP) is 2.47. The normalized spacial score (nSPS) is 16.8. The Morgan fingerprint density at radius 2 is 1.91 bits per heavy atom. The zero-order valence-corrected chi connectivity index (χ0v) is 14.9. The first kappa shape index (κ1) is 16.3. The summed E-state index contributed by atoms with van der Waals surface area (Å²) in [5.41, 5.74) is 0.961. The van der Waals surface area contributed by atoms with Crippen molar-refractivity contribution in [3.63, 3.8) is 0 Å². The molecule has 0 amide bonds. The molecule has 0 aliphatic carbocycles. The summed E-state index contributed by atoms with van der Waals surface area (Å²) in [5, 5.41) is 19.4. The van der Waals surface area contributed by atoms with Crippen molar-refractivity contribution in [3.05, 3.63) is 27.8 Å². The topological polar surface area (TPSA) is 58.0 Å². The van der Waals surface area contributed by atoms with Crippen molar-refractivity contribution in [2.75, 3.05) is 31.1 Å². The van der Waals surface area contributed by atoms with Gasteiger partial charge in [-0.25, -0.2) is 0 Å². The Morgan fingerprint density at radius 1 is 1.04 bits per heavy atom. The maximum atomic E-state index is 4.34. The van der Waals surface area contributed by atoms with E-state index in [1.807, 2.05) is 13.0 Å². The molecular formula is C16H24N6S. The van der Waals surface area contributed by atoms with Crippen LogP contribution in [0, 0.1) is 6.92 Å². The molecule has 124 valence electrons. The van der Waals surface area contributed by atoms with Gasteiger partial charge >= 0.3 is 0 Å². The standard InChI is InChI=1S/C16H24N6S/c1-12(2)16-20-19-15(23-16)11-21-7-4-8-22(10-9-21)14-6-5-13(3)17-18-14/h5-6,12H,4,7-11H2,1-3H3. The van der Waals surface area contributed by atoms with Gasteiger partial charge in [-0.2, -0.15) is 5.10 Å². The number of aryl methyl sites for hydroxylation is 1. The second kappa shape index (κ2) is 7.31.